The van der Waals surface area contributed by atoms with Crippen molar-refractivity contribution in [2.75, 3.05) is 13.2 Å². The highest BCUT2D eigenvalue weighted by atomic mass is 35.5. The lowest BCUT2D eigenvalue weighted by Gasteiger charge is -2.18. The molecular weight excluding hydrogens is 212 g/mol. The molecule has 0 spiro atoms. The lowest BCUT2D eigenvalue weighted by molar-refractivity contribution is 0.0919. The third-order valence-electron chi connectivity index (χ3n) is 2.89. The summed E-state index contributed by atoms with van der Waals surface area (Å²) in [5.74, 6) is 0.185. The lowest BCUT2D eigenvalue weighted by atomic mass is 9.94. The van der Waals surface area contributed by atoms with Crippen molar-refractivity contribution in [1.29, 1.82) is 0 Å². The van der Waals surface area contributed by atoms with Crippen molar-refractivity contribution in [3.63, 3.8) is 0 Å². The standard InChI is InChI=1S/C12H15ClO2/c1-8-2-3-10(11(13)6-8)12(14)9-4-5-15-7-9/h2-3,6,9,12,14H,4-5,7H2,1H3. The van der Waals surface area contributed by atoms with Gasteiger partial charge in [-0.15, -0.1) is 0 Å². The smallest absolute Gasteiger partial charge is 0.0855 e. The van der Waals surface area contributed by atoms with Gasteiger partial charge in [-0.05, 0) is 30.5 Å². The van der Waals surface area contributed by atoms with Gasteiger partial charge in [0, 0.05) is 17.5 Å². The van der Waals surface area contributed by atoms with Gasteiger partial charge in [0.25, 0.3) is 0 Å². The van der Waals surface area contributed by atoms with E-state index in [1.807, 2.05) is 25.1 Å². The molecule has 0 aliphatic carbocycles. The quantitative estimate of drug-likeness (QED) is 0.840. The maximum atomic E-state index is 10.1. The molecule has 1 aromatic carbocycles. The molecule has 1 N–H and O–H groups in total. The molecule has 0 aromatic heterocycles. The Kier molecular flexibility index (Phi) is 3.29. The van der Waals surface area contributed by atoms with Crippen LogP contribution in [0.15, 0.2) is 18.2 Å². The Bertz CT molecular complexity index is 345. The highest BCUT2D eigenvalue weighted by Crippen LogP contribution is 2.32. The van der Waals surface area contributed by atoms with Crippen molar-refractivity contribution in [2.45, 2.75) is 19.4 Å². The number of halogens is 1. The molecular formula is C12H15ClO2. The molecule has 2 atom stereocenters. The van der Waals surface area contributed by atoms with Gasteiger partial charge in [-0.3, -0.25) is 0 Å². The van der Waals surface area contributed by atoms with E-state index in [0.29, 0.717) is 11.6 Å². The van der Waals surface area contributed by atoms with E-state index in [0.717, 1.165) is 24.2 Å². The number of ether oxygens (including phenoxy) is 1. The van der Waals surface area contributed by atoms with Crippen LogP contribution in [0.3, 0.4) is 0 Å². The normalized spacial score (nSPS) is 23.0. The zero-order valence-corrected chi connectivity index (χ0v) is 9.50. The Labute approximate surface area is 94.8 Å². The fraction of sp³-hybridized carbons (Fsp3) is 0.500. The first-order valence-electron chi connectivity index (χ1n) is 5.20. The summed E-state index contributed by atoms with van der Waals surface area (Å²) in [6, 6.07) is 5.76. The van der Waals surface area contributed by atoms with E-state index in [-0.39, 0.29) is 5.92 Å². The van der Waals surface area contributed by atoms with Gasteiger partial charge in [0.15, 0.2) is 0 Å². The lowest BCUT2D eigenvalue weighted by Crippen LogP contribution is -2.12. The zero-order chi connectivity index (χ0) is 10.8. The maximum absolute atomic E-state index is 10.1. The summed E-state index contributed by atoms with van der Waals surface area (Å²) < 4.78 is 5.26. The Morgan fingerprint density at radius 1 is 1.53 bits per heavy atom. The first kappa shape index (κ1) is 10.9. The van der Waals surface area contributed by atoms with Crippen LogP contribution < -0.4 is 0 Å². The predicted molar refractivity (Wildman–Crippen MR) is 60.1 cm³/mol. The van der Waals surface area contributed by atoms with Crippen molar-refractivity contribution in [3.05, 3.63) is 34.3 Å². The summed E-state index contributed by atoms with van der Waals surface area (Å²) >= 11 is 6.10. The second-order valence-corrected chi connectivity index (χ2v) is 4.50. The molecule has 1 saturated heterocycles. The molecule has 0 bridgehead atoms. The van der Waals surface area contributed by atoms with Crippen molar-refractivity contribution in [1.82, 2.24) is 0 Å². The first-order chi connectivity index (χ1) is 7.18. The van der Waals surface area contributed by atoms with Crippen LogP contribution in [0.4, 0.5) is 0 Å². The van der Waals surface area contributed by atoms with Crippen LogP contribution in [0.5, 0.6) is 0 Å². The second-order valence-electron chi connectivity index (χ2n) is 4.09. The number of aliphatic hydroxyl groups is 1. The minimum Gasteiger partial charge on any atom is -0.388 e. The SMILES string of the molecule is Cc1ccc(C(O)C2CCOC2)c(Cl)c1. The molecule has 1 aromatic rings. The highest BCUT2D eigenvalue weighted by Gasteiger charge is 2.26. The average molecular weight is 227 g/mol. The number of hydrogen-bond donors (Lipinski definition) is 1. The van der Waals surface area contributed by atoms with Crippen LogP contribution in [0.25, 0.3) is 0 Å². The molecule has 0 radical (unpaired) electrons. The minimum absolute atomic E-state index is 0.185. The fourth-order valence-electron chi connectivity index (χ4n) is 1.93. The van der Waals surface area contributed by atoms with Crippen LogP contribution in [-0.2, 0) is 4.74 Å². The monoisotopic (exact) mass is 226 g/mol. The molecule has 1 heterocycles. The largest absolute Gasteiger partial charge is 0.388 e. The molecule has 1 aliphatic rings. The highest BCUT2D eigenvalue weighted by molar-refractivity contribution is 6.31. The Hall–Kier alpha value is -0.570. The van der Waals surface area contributed by atoms with Crippen LogP contribution in [0.1, 0.15) is 23.7 Å². The number of rotatable bonds is 2. The van der Waals surface area contributed by atoms with E-state index in [1.165, 1.54) is 0 Å². The van der Waals surface area contributed by atoms with E-state index < -0.39 is 6.10 Å². The first-order valence-corrected chi connectivity index (χ1v) is 5.58. The number of aryl methyl sites for hydroxylation is 1. The molecule has 2 nitrogen and oxygen atoms in total. The summed E-state index contributed by atoms with van der Waals surface area (Å²) in [5.41, 5.74) is 1.93. The fourth-order valence-corrected chi connectivity index (χ4v) is 2.27. The van der Waals surface area contributed by atoms with Crippen molar-refractivity contribution < 1.29 is 9.84 Å². The third kappa shape index (κ3) is 2.33. The van der Waals surface area contributed by atoms with Gasteiger partial charge in [0.05, 0.1) is 12.7 Å². The molecule has 3 heteroatoms. The Balaban J connectivity index is 2.20. The van der Waals surface area contributed by atoms with Crippen LogP contribution in [0, 0.1) is 12.8 Å². The van der Waals surface area contributed by atoms with Crippen molar-refractivity contribution >= 4 is 11.6 Å². The van der Waals surface area contributed by atoms with Gasteiger partial charge in [-0.2, -0.15) is 0 Å². The summed E-state index contributed by atoms with van der Waals surface area (Å²) in [4.78, 5) is 0. The molecule has 1 fully saturated rings. The Morgan fingerprint density at radius 3 is 2.93 bits per heavy atom. The molecule has 0 amide bonds. The summed E-state index contributed by atoms with van der Waals surface area (Å²) in [6.45, 7) is 3.36. The second kappa shape index (κ2) is 4.52. The van der Waals surface area contributed by atoms with Gasteiger partial charge >= 0.3 is 0 Å². The van der Waals surface area contributed by atoms with Gasteiger partial charge in [0.1, 0.15) is 0 Å². The van der Waals surface area contributed by atoms with E-state index in [9.17, 15) is 5.11 Å². The Morgan fingerprint density at radius 2 is 2.33 bits per heavy atom. The number of aliphatic hydroxyl groups excluding tert-OH is 1. The summed E-state index contributed by atoms with van der Waals surface area (Å²) in [5, 5.41) is 10.8. The van der Waals surface area contributed by atoms with Gasteiger partial charge in [-0.1, -0.05) is 23.7 Å². The van der Waals surface area contributed by atoms with Crippen molar-refractivity contribution in [2.24, 2.45) is 5.92 Å². The molecule has 2 rings (SSSR count). The molecule has 1 aliphatic heterocycles. The van der Waals surface area contributed by atoms with Crippen molar-refractivity contribution in [3.8, 4) is 0 Å². The van der Waals surface area contributed by atoms with Crippen LogP contribution in [0.2, 0.25) is 5.02 Å². The van der Waals surface area contributed by atoms with Gasteiger partial charge in [-0.25, -0.2) is 0 Å². The molecule has 82 valence electrons. The summed E-state index contributed by atoms with van der Waals surface area (Å²) in [6.07, 6.45) is 0.409. The minimum atomic E-state index is -0.499. The molecule has 0 saturated carbocycles. The van der Waals surface area contributed by atoms with Crippen LogP contribution in [-0.4, -0.2) is 18.3 Å². The molecule has 2 unspecified atom stereocenters. The van der Waals surface area contributed by atoms with Crippen LogP contribution >= 0.6 is 11.6 Å². The van der Waals surface area contributed by atoms with E-state index in [2.05, 4.69) is 0 Å². The topological polar surface area (TPSA) is 29.5 Å². The molecule has 15 heavy (non-hydrogen) atoms. The third-order valence-corrected chi connectivity index (χ3v) is 3.21. The van der Waals surface area contributed by atoms with E-state index in [1.54, 1.807) is 0 Å². The van der Waals surface area contributed by atoms with Gasteiger partial charge in [0.2, 0.25) is 0 Å². The van der Waals surface area contributed by atoms with E-state index >= 15 is 0 Å². The maximum Gasteiger partial charge on any atom is 0.0855 e. The van der Waals surface area contributed by atoms with Gasteiger partial charge < -0.3 is 9.84 Å². The average Bonchev–Trinajstić information content (AvgIpc) is 2.69. The zero-order valence-electron chi connectivity index (χ0n) is 8.74. The van der Waals surface area contributed by atoms with E-state index in [4.69, 9.17) is 16.3 Å². The summed E-state index contributed by atoms with van der Waals surface area (Å²) in [7, 11) is 0. The number of hydrogen-bond acceptors (Lipinski definition) is 2. The predicted octanol–water partition coefficient (Wildman–Crippen LogP) is 2.72. The number of benzene rings is 1.